The van der Waals surface area contributed by atoms with Gasteiger partial charge in [0.2, 0.25) is 0 Å². The van der Waals surface area contributed by atoms with Crippen molar-refractivity contribution in [1.82, 2.24) is 0 Å². The molecule has 1 aromatic carbocycles. The van der Waals surface area contributed by atoms with Gasteiger partial charge in [-0.15, -0.1) is 0 Å². The Labute approximate surface area is 88.0 Å². The van der Waals surface area contributed by atoms with E-state index in [1.165, 1.54) is 9.13 Å². The fourth-order valence-corrected chi connectivity index (χ4v) is 1.67. The molecule has 0 fully saturated rings. The molecule has 0 atom stereocenters. The van der Waals surface area contributed by atoms with Gasteiger partial charge in [-0.1, -0.05) is 34.7 Å². The van der Waals surface area contributed by atoms with Crippen LogP contribution >= 0.6 is 45.2 Å². The summed E-state index contributed by atoms with van der Waals surface area (Å²) in [6.45, 7) is 0. The van der Waals surface area contributed by atoms with E-state index in [4.69, 9.17) is 0 Å². The topological polar surface area (TPSA) is 0 Å². The molecule has 1 rings (SSSR count). The van der Waals surface area contributed by atoms with E-state index in [1.54, 1.807) is 0 Å². The van der Waals surface area contributed by atoms with Gasteiger partial charge in [0.25, 0.3) is 0 Å². The van der Waals surface area contributed by atoms with Gasteiger partial charge in [-0.25, -0.2) is 0 Å². The second kappa shape index (κ2) is 4.33. The van der Waals surface area contributed by atoms with Crippen molar-refractivity contribution in [3.63, 3.8) is 0 Å². The Bertz CT molecular complexity index is 241. The van der Waals surface area contributed by atoms with Crippen molar-refractivity contribution in [3.05, 3.63) is 37.5 Å². The van der Waals surface area contributed by atoms with Gasteiger partial charge >= 0.3 is 0 Å². The van der Waals surface area contributed by atoms with Crippen LogP contribution in [0, 0.1) is 3.57 Å². The molecule has 1 aromatic rings. The first-order valence-electron chi connectivity index (χ1n) is 2.85. The van der Waals surface area contributed by atoms with Gasteiger partial charge in [0.15, 0.2) is 0 Å². The summed E-state index contributed by atoms with van der Waals surface area (Å²) in [6.07, 6.45) is 2.09. The summed E-state index contributed by atoms with van der Waals surface area (Å²) in [5.74, 6) is 0. The fourth-order valence-electron chi connectivity index (χ4n) is 0.683. The Morgan fingerprint density at radius 3 is 2.70 bits per heavy atom. The van der Waals surface area contributed by atoms with Crippen LogP contribution in [-0.4, -0.2) is 0 Å². The Balaban J connectivity index is 2.95. The third kappa shape index (κ3) is 2.57. The molecule has 2 heteroatoms. The summed E-state index contributed by atoms with van der Waals surface area (Å²) in [7, 11) is 0. The largest absolute Gasteiger partial charge is 0.0606 e. The van der Waals surface area contributed by atoms with E-state index in [9.17, 15) is 0 Å². The van der Waals surface area contributed by atoms with E-state index in [-0.39, 0.29) is 0 Å². The van der Waals surface area contributed by atoms with E-state index < -0.39 is 0 Å². The molecule has 0 bridgehead atoms. The zero-order valence-electron chi connectivity index (χ0n) is 5.22. The molecule has 0 nitrogen and oxygen atoms in total. The van der Waals surface area contributed by atoms with Crippen LogP contribution in [-0.2, 0) is 0 Å². The van der Waals surface area contributed by atoms with Crippen molar-refractivity contribution in [3.8, 4) is 0 Å². The summed E-state index contributed by atoms with van der Waals surface area (Å²) in [5.41, 5.74) is 1.27. The minimum atomic E-state index is 1.27. The van der Waals surface area contributed by atoms with Gasteiger partial charge in [0.1, 0.15) is 0 Å². The second-order valence-electron chi connectivity index (χ2n) is 1.85. The quantitative estimate of drug-likeness (QED) is 0.674. The predicted molar refractivity (Wildman–Crippen MR) is 62.2 cm³/mol. The van der Waals surface area contributed by atoms with Gasteiger partial charge in [-0.3, -0.25) is 0 Å². The molecule has 10 heavy (non-hydrogen) atoms. The highest BCUT2D eigenvalue weighted by atomic mass is 127. The van der Waals surface area contributed by atoms with Crippen LogP contribution in [0.25, 0.3) is 6.08 Å². The van der Waals surface area contributed by atoms with Gasteiger partial charge in [-0.2, -0.15) is 0 Å². The first-order chi connectivity index (χ1) is 4.83. The van der Waals surface area contributed by atoms with Crippen molar-refractivity contribution < 1.29 is 0 Å². The van der Waals surface area contributed by atoms with E-state index in [0.717, 1.165) is 0 Å². The lowest BCUT2D eigenvalue weighted by Crippen LogP contribution is -1.71. The van der Waals surface area contributed by atoms with Crippen molar-refractivity contribution in [1.29, 1.82) is 0 Å². The van der Waals surface area contributed by atoms with Gasteiger partial charge < -0.3 is 0 Å². The van der Waals surface area contributed by atoms with Crippen molar-refractivity contribution in [2.24, 2.45) is 0 Å². The smallest absolute Gasteiger partial charge is 0.0136 e. The fraction of sp³-hybridized carbons (Fsp3) is 0. The highest BCUT2D eigenvalue weighted by Crippen LogP contribution is 2.09. The summed E-state index contributed by atoms with van der Waals surface area (Å²) in [6, 6.07) is 8.39. The molecule has 0 saturated heterocycles. The summed E-state index contributed by atoms with van der Waals surface area (Å²) in [5, 5.41) is 0. The Morgan fingerprint density at radius 2 is 2.10 bits per heavy atom. The van der Waals surface area contributed by atoms with Crippen LogP contribution < -0.4 is 0 Å². The maximum Gasteiger partial charge on any atom is 0.0136 e. The molecule has 0 saturated carbocycles. The number of rotatable bonds is 1. The summed E-state index contributed by atoms with van der Waals surface area (Å²) >= 11 is 4.53. The normalized spacial score (nSPS) is 10.6. The maximum atomic E-state index is 2.31. The van der Waals surface area contributed by atoms with E-state index in [2.05, 4.69) is 75.5 Å². The Hall–Kier alpha value is 0.420. The minimum absolute atomic E-state index is 1.27. The first-order valence-corrected chi connectivity index (χ1v) is 5.17. The van der Waals surface area contributed by atoms with Crippen molar-refractivity contribution >= 4 is 51.3 Å². The number of halogens is 2. The summed E-state index contributed by atoms with van der Waals surface area (Å²) in [4.78, 5) is 0. The molecule has 0 aliphatic carbocycles. The van der Waals surface area contributed by atoms with Crippen molar-refractivity contribution in [2.75, 3.05) is 0 Å². The molecule has 0 aliphatic heterocycles. The standard InChI is InChI=1S/C8H6I2/c9-5-4-7-2-1-3-8(10)6-7/h1-6H/b5-4+. The van der Waals surface area contributed by atoms with Crippen LogP contribution in [0.4, 0.5) is 0 Å². The van der Waals surface area contributed by atoms with Crippen LogP contribution in [0.1, 0.15) is 5.56 Å². The molecule has 0 aliphatic rings. The van der Waals surface area contributed by atoms with E-state index in [1.807, 2.05) is 4.08 Å². The lowest BCUT2D eigenvalue weighted by atomic mass is 10.2. The molecule has 0 radical (unpaired) electrons. The first kappa shape index (κ1) is 8.52. The van der Waals surface area contributed by atoms with Crippen LogP contribution in [0.3, 0.4) is 0 Å². The van der Waals surface area contributed by atoms with E-state index >= 15 is 0 Å². The zero-order chi connectivity index (χ0) is 7.40. The third-order valence-corrected chi connectivity index (χ3v) is 2.13. The van der Waals surface area contributed by atoms with Crippen LogP contribution in [0.15, 0.2) is 28.3 Å². The molecule has 0 aromatic heterocycles. The molecular formula is C8H6I2. The van der Waals surface area contributed by atoms with Gasteiger partial charge in [-0.05, 0) is 50.4 Å². The Morgan fingerprint density at radius 1 is 1.30 bits per heavy atom. The highest BCUT2D eigenvalue weighted by molar-refractivity contribution is 14.1. The number of hydrogen-bond donors (Lipinski definition) is 0. The van der Waals surface area contributed by atoms with Crippen LogP contribution in [0.2, 0.25) is 0 Å². The maximum absolute atomic E-state index is 2.31. The average molecular weight is 356 g/mol. The van der Waals surface area contributed by atoms with E-state index in [0.29, 0.717) is 0 Å². The summed E-state index contributed by atoms with van der Waals surface area (Å²) < 4.78 is 3.30. The number of hydrogen-bond acceptors (Lipinski definition) is 0. The molecule has 0 heterocycles. The number of benzene rings is 1. The minimum Gasteiger partial charge on any atom is -0.0606 e. The third-order valence-electron chi connectivity index (χ3n) is 1.10. The molecule has 0 N–H and O–H groups in total. The van der Waals surface area contributed by atoms with Gasteiger partial charge in [0, 0.05) is 3.57 Å². The average Bonchev–Trinajstić information content (AvgIpc) is 1.88. The molecule has 0 amide bonds. The highest BCUT2D eigenvalue weighted by Gasteiger charge is 1.85. The Kier molecular flexibility index (Phi) is 3.69. The van der Waals surface area contributed by atoms with Gasteiger partial charge in [0.05, 0.1) is 0 Å². The molecule has 0 unspecified atom stereocenters. The van der Waals surface area contributed by atoms with Crippen molar-refractivity contribution in [2.45, 2.75) is 0 Å². The SMILES string of the molecule is I/C=C/c1cccc(I)c1. The zero-order valence-corrected chi connectivity index (χ0v) is 9.54. The predicted octanol–water partition coefficient (Wildman–Crippen LogP) is 3.70. The lowest BCUT2D eigenvalue weighted by Gasteiger charge is -1.91. The molecular weight excluding hydrogens is 350 g/mol. The lowest BCUT2D eigenvalue weighted by molar-refractivity contribution is 1.61. The van der Waals surface area contributed by atoms with Crippen LogP contribution in [0.5, 0.6) is 0 Å². The molecule has 52 valence electrons. The second-order valence-corrected chi connectivity index (χ2v) is 3.81. The molecule has 0 spiro atoms. The monoisotopic (exact) mass is 356 g/mol.